The summed E-state index contributed by atoms with van der Waals surface area (Å²) in [4.78, 5) is 11.8. The fraction of sp³-hybridized carbons (Fsp3) is 0.400. The number of ketones is 1. The van der Waals surface area contributed by atoms with Crippen molar-refractivity contribution in [1.29, 1.82) is 0 Å². The number of carbonyl (C=O) groups is 1. The van der Waals surface area contributed by atoms with Crippen molar-refractivity contribution >= 4 is 5.78 Å². The van der Waals surface area contributed by atoms with Gasteiger partial charge in [-0.25, -0.2) is 0 Å². The topological polar surface area (TPSA) is 37.3 Å². The van der Waals surface area contributed by atoms with Gasteiger partial charge in [-0.1, -0.05) is 18.2 Å². The Balaban J connectivity index is 2.22. The van der Waals surface area contributed by atoms with Crippen molar-refractivity contribution in [2.45, 2.75) is 38.0 Å². The largest absolute Gasteiger partial charge is 0.416 e. The van der Waals surface area contributed by atoms with E-state index in [1.807, 2.05) is 0 Å². The Morgan fingerprint density at radius 3 is 2.35 bits per heavy atom. The molecule has 1 N–H and O–H groups in total. The fourth-order valence-electron chi connectivity index (χ4n) is 2.24. The maximum atomic E-state index is 12.5. The van der Waals surface area contributed by atoms with Crippen LogP contribution < -0.4 is 0 Å². The van der Waals surface area contributed by atoms with Gasteiger partial charge in [-0.15, -0.1) is 0 Å². The summed E-state index contributed by atoms with van der Waals surface area (Å²) in [6, 6.07) is 4.26. The number of carbonyl (C=O) groups excluding carboxylic acids is 1. The van der Waals surface area contributed by atoms with Crippen molar-refractivity contribution in [2.75, 3.05) is 0 Å². The van der Waals surface area contributed by atoms with Gasteiger partial charge >= 0.3 is 6.18 Å². The molecule has 2 nitrogen and oxygen atoms in total. The smallest absolute Gasteiger partial charge is 0.384 e. The van der Waals surface area contributed by atoms with Crippen molar-refractivity contribution in [3.05, 3.63) is 47.0 Å². The molecular formula is C15H15F3O2. The van der Waals surface area contributed by atoms with Gasteiger partial charge in [0.25, 0.3) is 0 Å². The molecule has 1 atom stereocenters. The van der Waals surface area contributed by atoms with E-state index >= 15 is 0 Å². The Bertz CT molecular complexity index is 515. The molecule has 1 unspecified atom stereocenters. The van der Waals surface area contributed by atoms with Crippen LogP contribution in [0, 0.1) is 0 Å². The Labute approximate surface area is 114 Å². The highest BCUT2D eigenvalue weighted by atomic mass is 19.4. The zero-order valence-electron chi connectivity index (χ0n) is 10.8. The summed E-state index contributed by atoms with van der Waals surface area (Å²) in [5.41, 5.74) is -0.170. The minimum Gasteiger partial charge on any atom is -0.384 e. The molecule has 1 aliphatic carbocycles. The van der Waals surface area contributed by atoms with Gasteiger partial charge in [0.15, 0.2) is 5.78 Å². The Morgan fingerprint density at radius 1 is 1.10 bits per heavy atom. The zero-order chi connectivity index (χ0) is 14.8. The van der Waals surface area contributed by atoms with Crippen molar-refractivity contribution < 1.29 is 23.1 Å². The van der Waals surface area contributed by atoms with E-state index in [2.05, 4.69) is 0 Å². The number of allylic oxidation sites excluding steroid dienone is 1. The average molecular weight is 284 g/mol. The molecule has 1 aliphatic rings. The first-order valence-electron chi connectivity index (χ1n) is 6.48. The molecule has 0 heterocycles. The second kappa shape index (κ2) is 5.79. The fourth-order valence-corrected chi connectivity index (χ4v) is 2.24. The summed E-state index contributed by atoms with van der Waals surface area (Å²) < 4.78 is 37.4. The number of aliphatic hydroxyl groups is 1. The minimum atomic E-state index is -4.40. The lowest BCUT2D eigenvalue weighted by Gasteiger charge is -2.15. The molecule has 0 aliphatic heterocycles. The standard InChI is InChI=1S/C15H15F3O2/c16-15(17,18)11-8-6-10(7-9-11)14(20)12-4-2-1-3-5-13(12)19/h4,6-9,14,20H,1-3,5H2. The number of benzene rings is 1. The van der Waals surface area contributed by atoms with Crippen LogP contribution in [0.1, 0.15) is 42.9 Å². The van der Waals surface area contributed by atoms with Crippen LogP contribution in [0.2, 0.25) is 0 Å². The lowest BCUT2D eigenvalue weighted by Crippen LogP contribution is -2.11. The molecule has 0 amide bonds. The van der Waals surface area contributed by atoms with E-state index in [0.29, 0.717) is 24.0 Å². The molecule has 0 aromatic heterocycles. The molecule has 1 aromatic rings. The van der Waals surface area contributed by atoms with Crippen LogP contribution in [0.5, 0.6) is 0 Å². The van der Waals surface area contributed by atoms with Crippen LogP contribution in [0.15, 0.2) is 35.9 Å². The van der Waals surface area contributed by atoms with Crippen LogP contribution in [-0.4, -0.2) is 10.9 Å². The second-order valence-electron chi connectivity index (χ2n) is 4.85. The summed E-state index contributed by atoms with van der Waals surface area (Å²) in [6.07, 6.45) is -1.11. The molecule has 0 spiro atoms. The molecule has 20 heavy (non-hydrogen) atoms. The summed E-state index contributed by atoms with van der Waals surface area (Å²) in [5.74, 6) is -0.130. The number of halogens is 3. The van der Waals surface area contributed by atoms with Crippen LogP contribution in [0.4, 0.5) is 13.2 Å². The van der Waals surface area contributed by atoms with E-state index in [1.165, 1.54) is 12.1 Å². The normalized spacial score (nSPS) is 18.4. The Hall–Kier alpha value is -1.62. The maximum Gasteiger partial charge on any atom is 0.416 e. The van der Waals surface area contributed by atoms with Crippen molar-refractivity contribution in [2.24, 2.45) is 0 Å². The summed E-state index contributed by atoms with van der Waals surface area (Å²) in [7, 11) is 0. The van der Waals surface area contributed by atoms with Gasteiger partial charge in [0.2, 0.25) is 0 Å². The van der Waals surface area contributed by atoms with E-state index < -0.39 is 17.8 Å². The number of hydrogen-bond acceptors (Lipinski definition) is 2. The van der Waals surface area contributed by atoms with Crippen molar-refractivity contribution in [1.82, 2.24) is 0 Å². The van der Waals surface area contributed by atoms with Gasteiger partial charge in [-0.3, -0.25) is 4.79 Å². The van der Waals surface area contributed by atoms with Crippen LogP contribution in [0.3, 0.4) is 0 Å². The van der Waals surface area contributed by atoms with Gasteiger partial charge in [0, 0.05) is 12.0 Å². The predicted molar refractivity (Wildman–Crippen MR) is 68.0 cm³/mol. The molecule has 0 saturated heterocycles. The third-order valence-electron chi connectivity index (χ3n) is 3.39. The monoisotopic (exact) mass is 284 g/mol. The first-order valence-corrected chi connectivity index (χ1v) is 6.48. The van der Waals surface area contributed by atoms with Gasteiger partial charge in [-0.2, -0.15) is 13.2 Å². The van der Waals surface area contributed by atoms with Crippen LogP contribution >= 0.6 is 0 Å². The SMILES string of the molecule is O=C1CCCCC=C1C(O)c1ccc(C(F)(F)F)cc1. The highest BCUT2D eigenvalue weighted by Crippen LogP contribution is 2.32. The van der Waals surface area contributed by atoms with Gasteiger partial charge in [0.1, 0.15) is 6.10 Å². The molecule has 0 saturated carbocycles. The number of Topliss-reactive ketones (excluding diaryl/α,β-unsaturated/α-hetero) is 1. The lowest BCUT2D eigenvalue weighted by molar-refractivity contribution is -0.137. The summed E-state index contributed by atoms with van der Waals surface area (Å²) in [5, 5.41) is 10.2. The maximum absolute atomic E-state index is 12.5. The molecule has 0 radical (unpaired) electrons. The van der Waals surface area contributed by atoms with Gasteiger partial charge < -0.3 is 5.11 Å². The highest BCUT2D eigenvalue weighted by molar-refractivity contribution is 5.96. The second-order valence-corrected chi connectivity index (χ2v) is 4.85. The lowest BCUT2D eigenvalue weighted by atomic mass is 9.96. The number of hydrogen-bond donors (Lipinski definition) is 1. The van der Waals surface area contributed by atoms with Gasteiger partial charge in [-0.05, 0) is 37.0 Å². The van der Waals surface area contributed by atoms with E-state index in [4.69, 9.17) is 0 Å². The quantitative estimate of drug-likeness (QED) is 0.896. The van der Waals surface area contributed by atoms with E-state index in [1.54, 1.807) is 6.08 Å². The van der Waals surface area contributed by atoms with E-state index in [9.17, 15) is 23.1 Å². The molecule has 5 heteroatoms. The first kappa shape index (κ1) is 14.8. The Kier molecular flexibility index (Phi) is 4.28. The molecule has 108 valence electrons. The first-order chi connectivity index (χ1) is 9.39. The highest BCUT2D eigenvalue weighted by Gasteiger charge is 2.30. The third-order valence-corrected chi connectivity index (χ3v) is 3.39. The molecule has 0 bridgehead atoms. The molecule has 2 rings (SSSR count). The van der Waals surface area contributed by atoms with Gasteiger partial charge in [0.05, 0.1) is 5.56 Å². The molecular weight excluding hydrogens is 269 g/mol. The zero-order valence-corrected chi connectivity index (χ0v) is 10.8. The molecule has 0 fully saturated rings. The predicted octanol–water partition coefficient (Wildman–Crippen LogP) is 3.81. The Morgan fingerprint density at radius 2 is 1.75 bits per heavy atom. The number of alkyl halides is 3. The van der Waals surface area contributed by atoms with E-state index in [0.717, 1.165) is 25.0 Å². The summed E-state index contributed by atoms with van der Waals surface area (Å²) >= 11 is 0. The average Bonchev–Trinajstić information content (AvgIpc) is 2.62. The van der Waals surface area contributed by atoms with Crippen molar-refractivity contribution in [3.63, 3.8) is 0 Å². The number of rotatable bonds is 2. The van der Waals surface area contributed by atoms with Crippen molar-refractivity contribution in [3.8, 4) is 0 Å². The number of aliphatic hydroxyl groups excluding tert-OH is 1. The molecule has 1 aromatic carbocycles. The minimum absolute atomic E-state index is 0.130. The van der Waals surface area contributed by atoms with E-state index in [-0.39, 0.29) is 5.78 Å². The van der Waals surface area contributed by atoms with Crippen LogP contribution in [0.25, 0.3) is 0 Å². The summed E-state index contributed by atoms with van der Waals surface area (Å²) in [6.45, 7) is 0. The van der Waals surface area contributed by atoms with Crippen LogP contribution in [-0.2, 0) is 11.0 Å². The third kappa shape index (κ3) is 3.28.